The largest absolute Gasteiger partial charge is 0.494 e. The van der Waals surface area contributed by atoms with E-state index in [9.17, 15) is 4.39 Å². The fourth-order valence-corrected chi connectivity index (χ4v) is 3.65. The van der Waals surface area contributed by atoms with Crippen LogP contribution in [0.15, 0.2) is 24.4 Å². The van der Waals surface area contributed by atoms with Gasteiger partial charge in [-0.05, 0) is 96.2 Å². The zero-order valence-electron chi connectivity index (χ0n) is 17.6. The topological polar surface area (TPSA) is 53.2 Å². The van der Waals surface area contributed by atoms with Gasteiger partial charge in [0, 0.05) is 36.3 Å². The molecule has 0 fully saturated rings. The summed E-state index contributed by atoms with van der Waals surface area (Å²) in [5, 5.41) is 10.5. The summed E-state index contributed by atoms with van der Waals surface area (Å²) < 4.78 is 19.2. The van der Waals surface area contributed by atoms with Crippen molar-refractivity contribution in [2.24, 2.45) is 5.92 Å². The maximum Gasteiger partial charge on any atom is 0.235 e. The van der Waals surface area contributed by atoms with Gasteiger partial charge in [0.2, 0.25) is 1.68 Å². The molecule has 0 radical (unpaired) electrons. The number of benzene rings is 1. The fourth-order valence-electron chi connectivity index (χ4n) is 3.03. The Morgan fingerprint density at radius 2 is 2.07 bits per heavy atom. The standard InChI is InChI=1S/C21H31FI2N4O/c1-15(2)6-5-9-29-19-11-16(10-18(12-19)21(22,23)24)20-17(13-26-27-20)14-28(4)8-7-25-3/h10-13,15,25H,5-9,14H2,1-4H3,(H,26,27). The first-order valence-corrected chi connectivity index (χ1v) is 12.1. The molecule has 5 nitrogen and oxygen atoms in total. The summed E-state index contributed by atoms with van der Waals surface area (Å²) in [6.45, 7) is 7.65. The molecule has 0 saturated carbocycles. The van der Waals surface area contributed by atoms with Crippen LogP contribution in [0.1, 0.15) is 37.8 Å². The third kappa shape index (κ3) is 8.29. The number of likely N-dealkylation sites (N-methyl/N-ethyl adjacent to an activating group) is 2. The Balaban J connectivity index is 2.25. The van der Waals surface area contributed by atoms with Crippen molar-refractivity contribution in [3.63, 3.8) is 0 Å². The number of ether oxygens (including phenoxy) is 1. The molecule has 0 saturated heterocycles. The smallest absolute Gasteiger partial charge is 0.235 e. The average molecular weight is 628 g/mol. The van der Waals surface area contributed by atoms with Crippen LogP contribution in [0.4, 0.5) is 4.39 Å². The second kappa shape index (κ2) is 11.8. The molecule has 1 aromatic carbocycles. The molecule has 162 valence electrons. The van der Waals surface area contributed by atoms with Crippen molar-refractivity contribution >= 4 is 45.2 Å². The second-order valence-electron chi connectivity index (χ2n) is 7.74. The van der Waals surface area contributed by atoms with Crippen LogP contribution < -0.4 is 10.1 Å². The van der Waals surface area contributed by atoms with Crippen LogP contribution >= 0.6 is 45.2 Å². The maximum absolute atomic E-state index is 14.7. The van der Waals surface area contributed by atoms with E-state index in [0.29, 0.717) is 23.8 Å². The summed E-state index contributed by atoms with van der Waals surface area (Å²) in [6.07, 6.45) is 3.94. The Hall–Kier alpha value is -0.460. The van der Waals surface area contributed by atoms with Crippen LogP contribution in [0.25, 0.3) is 11.3 Å². The van der Waals surface area contributed by atoms with Crippen molar-refractivity contribution in [3.8, 4) is 17.0 Å². The summed E-state index contributed by atoms with van der Waals surface area (Å²) in [5.41, 5.74) is 3.47. The van der Waals surface area contributed by atoms with Gasteiger partial charge in [-0.25, -0.2) is 4.39 Å². The Morgan fingerprint density at radius 1 is 1.31 bits per heavy atom. The lowest BCUT2D eigenvalue weighted by Gasteiger charge is -2.18. The number of H-pyrrole nitrogens is 1. The molecule has 0 aliphatic carbocycles. The molecule has 1 heterocycles. The first-order valence-electron chi connectivity index (χ1n) is 9.91. The number of nitrogens with one attached hydrogen (secondary N) is 2. The number of aromatic nitrogens is 2. The Morgan fingerprint density at radius 3 is 2.72 bits per heavy atom. The average Bonchev–Trinajstić information content (AvgIpc) is 3.10. The first-order chi connectivity index (χ1) is 13.7. The first kappa shape index (κ1) is 24.8. The van der Waals surface area contributed by atoms with Crippen LogP contribution in [0.5, 0.6) is 5.75 Å². The highest BCUT2D eigenvalue weighted by Gasteiger charge is 2.26. The van der Waals surface area contributed by atoms with Crippen molar-refractivity contribution in [1.29, 1.82) is 0 Å². The molecule has 0 amide bonds. The number of nitrogens with zero attached hydrogens (tertiary/aromatic N) is 2. The number of hydrogen-bond donors (Lipinski definition) is 2. The molecule has 29 heavy (non-hydrogen) atoms. The SMILES string of the molecule is CNCCN(C)Cc1cn[nH]c1-c1cc(OCCCC(C)C)cc(C(F)(I)I)c1. The van der Waals surface area contributed by atoms with Crippen molar-refractivity contribution in [3.05, 3.63) is 35.5 Å². The lowest BCUT2D eigenvalue weighted by atomic mass is 10.0. The lowest BCUT2D eigenvalue weighted by Crippen LogP contribution is -2.27. The van der Waals surface area contributed by atoms with Crippen LogP contribution in [-0.4, -0.2) is 48.9 Å². The van der Waals surface area contributed by atoms with Gasteiger partial charge >= 0.3 is 0 Å². The maximum atomic E-state index is 14.7. The van der Waals surface area contributed by atoms with Crippen LogP contribution in [0, 0.1) is 5.92 Å². The molecule has 0 spiro atoms. The van der Waals surface area contributed by atoms with Gasteiger partial charge in [-0.3, -0.25) is 5.10 Å². The number of hydrogen-bond acceptors (Lipinski definition) is 4. The third-order valence-electron chi connectivity index (χ3n) is 4.62. The zero-order chi connectivity index (χ0) is 21.4. The molecule has 2 N–H and O–H groups in total. The quantitative estimate of drug-likeness (QED) is 0.186. The fraction of sp³-hybridized carbons (Fsp3) is 0.571. The Labute approximate surface area is 200 Å². The predicted molar refractivity (Wildman–Crippen MR) is 135 cm³/mol. The van der Waals surface area contributed by atoms with Gasteiger partial charge in [-0.1, -0.05) is 13.8 Å². The minimum absolute atomic E-state index is 0.583. The van der Waals surface area contributed by atoms with E-state index >= 15 is 0 Å². The van der Waals surface area contributed by atoms with E-state index in [4.69, 9.17) is 4.74 Å². The number of rotatable bonds is 12. The van der Waals surface area contributed by atoms with E-state index in [-0.39, 0.29) is 0 Å². The normalized spacial score (nSPS) is 12.2. The van der Waals surface area contributed by atoms with E-state index in [1.54, 1.807) is 6.07 Å². The van der Waals surface area contributed by atoms with E-state index in [0.717, 1.165) is 49.3 Å². The van der Waals surface area contributed by atoms with E-state index in [1.165, 1.54) is 0 Å². The number of alkyl halides is 3. The summed E-state index contributed by atoms with van der Waals surface area (Å²) in [7, 11) is 4.03. The highest BCUT2D eigenvalue weighted by Crippen LogP contribution is 2.43. The van der Waals surface area contributed by atoms with Gasteiger partial charge in [-0.15, -0.1) is 0 Å². The van der Waals surface area contributed by atoms with Gasteiger partial charge in [0.05, 0.1) is 18.5 Å². The van der Waals surface area contributed by atoms with E-state index in [2.05, 4.69) is 41.3 Å². The van der Waals surface area contributed by atoms with Crippen molar-refractivity contribution in [2.45, 2.75) is 34.9 Å². The van der Waals surface area contributed by atoms with Crippen LogP contribution in [0.3, 0.4) is 0 Å². The molecule has 0 bridgehead atoms. The zero-order valence-corrected chi connectivity index (χ0v) is 21.9. The molecule has 8 heteroatoms. The molecule has 0 aliphatic heterocycles. The molecular weight excluding hydrogens is 597 g/mol. The van der Waals surface area contributed by atoms with Crippen molar-refractivity contribution < 1.29 is 9.13 Å². The highest BCUT2D eigenvalue weighted by molar-refractivity contribution is 14.2. The summed E-state index contributed by atoms with van der Waals surface area (Å²) in [4.78, 5) is 2.23. The Bertz CT molecular complexity index is 761. The minimum atomic E-state index is -1.51. The molecule has 2 rings (SSSR count). The predicted octanol–water partition coefficient (Wildman–Crippen LogP) is 5.49. The van der Waals surface area contributed by atoms with E-state index in [1.807, 2.05) is 70.6 Å². The summed E-state index contributed by atoms with van der Waals surface area (Å²) >= 11 is 3.63. The molecular formula is C21H31FI2N4O. The summed E-state index contributed by atoms with van der Waals surface area (Å²) in [6, 6.07) is 5.65. The Kier molecular flexibility index (Phi) is 10.1. The lowest BCUT2D eigenvalue weighted by molar-refractivity contribution is 0.297. The number of halogens is 3. The number of aromatic amines is 1. The minimum Gasteiger partial charge on any atom is -0.494 e. The molecule has 2 aromatic rings. The molecule has 0 atom stereocenters. The summed E-state index contributed by atoms with van der Waals surface area (Å²) in [5.74, 6) is 1.34. The van der Waals surface area contributed by atoms with Crippen molar-refractivity contribution in [2.75, 3.05) is 33.8 Å². The van der Waals surface area contributed by atoms with Crippen LogP contribution in [-0.2, 0) is 8.23 Å². The third-order valence-corrected chi connectivity index (χ3v) is 5.86. The van der Waals surface area contributed by atoms with Gasteiger partial charge in [0.15, 0.2) is 0 Å². The highest BCUT2D eigenvalue weighted by atomic mass is 127. The monoisotopic (exact) mass is 628 g/mol. The van der Waals surface area contributed by atoms with Gasteiger partial charge < -0.3 is 15.0 Å². The van der Waals surface area contributed by atoms with E-state index < -0.39 is 1.68 Å². The van der Waals surface area contributed by atoms with Gasteiger partial charge in [0.1, 0.15) is 5.75 Å². The van der Waals surface area contributed by atoms with Gasteiger partial charge in [0.25, 0.3) is 0 Å². The van der Waals surface area contributed by atoms with Crippen LogP contribution in [0.2, 0.25) is 0 Å². The van der Waals surface area contributed by atoms with Crippen molar-refractivity contribution in [1.82, 2.24) is 20.4 Å². The molecule has 1 aromatic heterocycles. The second-order valence-corrected chi connectivity index (χ2v) is 12.8. The molecule has 0 unspecified atom stereocenters. The van der Waals surface area contributed by atoms with Gasteiger partial charge in [-0.2, -0.15) is 5.10 Å². The molecule has 0 aliphatic rings.